The number of rotatable bonds is 17. The lowest BCUT2D eigenvalue weighted by molar-refractivity contribution is -0.147. The number of allylic oxidation sites excluding steroid dienone is 2. The number of unbranched alkanes of at least 4 members (excludes halogenated alkanes) is 11. The fraction of sp³-hybridized carbons (Fsp3) is 0.870. The average molecular weight is 367 g/mol. The summed E-state index contributed by atoms with van der Waals surface area (Å²) in [5, 5.41) is 0. The van der Waals surface area contributed by atoms with E-state index in [1.165, 1.54) is 70.6 Å². The molecule has 1 aliphatic rings. The molecule has 3 nitrogen and oxygen atoms in total. The normalized spacial score (nSPS) is 17.2. The molecule has 0 spiro atoms. The van der Waals surface area contributed by atoms with Crippen LogP contribution in [-0.4, -0.2) is 25.3 Å². The Labute approximate surface area is 161 Å². The van der Waals surface area contributed by atoms with Crippen LogP contribution in [0.15, 0.2) is 12.2 Å². The van der Waals surface area contributed by atoms with Gasteiger partial charge in [0, 0.05) is 13.0 Å². The van der Waals surface area contributed by atoms with Crippen LogP contribution in [0.5, 0.6) is 0 Å². The zero-order chi connectivity index (χ0) is 18.7. The van der Waals surface area contributed by atoms with Crippen LogP contribution in [0, 0.1) is 0 Å². The summed E-state index contributed by atoms with van der Waals surface area (Å²) in [6, 6.07) is 0. The first-order valence-electron chi connectivity index (χ1n) is 11.2. The Morgan fingerprint density at radius 1 is 0.923 bits per heavy atom. The molecular formula is C23H42O3. The van der Waals surface area contributed by atoms with Gasteiger partial charge < -0.3 is 9.47 Å². The van der Waals surface area contributed by atoms with Crippen molar-refractivity contribution in [1.29, 1.82) is 0 Å². The average Bonchev–Trinajstić information content (AvgIpc) is 3.17. The summed E-state index contributed by atoms with van der Waals surface area (Å²) in [4.78, 5) is 11.6. The molecule has 1 heterocycles. The zero-order valence-corrected chi connectivity index (χ0v) is 17.2. The third-order valence-electron chi connectivity index (χ3n) is 5.10. The maximum absolute atomic E-state index is 11.6. The largest absolute Gasteiger partial charge is 0.463 e. The number of hydrogen-bond donors (Lipinski definition) is 0. The molecule has 1 atom stereocenters. The monoisotopic (exact) mass is 366 g/mol. The summed E-state index contributed by atoms with van der Waals surface area (Å²) in [5.74, 6) is -0.0573. The third-order valence-corrected chi connectivity index (χ3v) is 5.10. The SMILES string of the molecule is CCCCCCCC/C=C/CCCCCCCC(=O)OC[C@@H]1CCCO1. The van der Waals surface area contributed by atoms with E-state index in [4.69, 9.17) is 9.47 Å². The van der Waals surface area contributed by atoms with Crippen LogP contribution in [-0.2, 0) is 14.3 Å². The summed E-state index contributed by atoms with van der Waals surface area (Å²) < 4.78 is 10.7. The standard InChI is InChI=1S/C23H42O3/c1-2-3-4-5-6-7-8-9-10-11-12-13-14-15-16-19-23(24)26-21-22-18-17-20-25-22/h9-10,22H,2-8,11-21H2,1H3/b10-9+/t22-/m0/s1. The Morgan fingerprint density at radius 2 is 1.54 bits per heavy atom. The van der Waals surface area contributed by atoms with Gasteiger partial charge in [0.05, 0.1) is 6.10 Å². The molecule has 26 heavy (non-hydrogen) atoms. The summed E-state index contributed by atoms with van der Waals surface area (Å²) in [6.07, 6.45) is 24.2. The topological polar surface area (TPSA) is 35.5 Å². The number of carbonyl (C=O) groups excluding carboxylic acids is 1. The van der Waals surface area contributed by atoms with Crippen LogP contribution < -0.4 is 0 Å². The minimum atomic E-state index is -0.0573. The van der Waals surface area contributed by atoms with Crippen molar-refractivity contribution < 1.29 is 14.3 Å². The van der Waals surface area contributed by atoms with Gasteiger partial charge in [0.1, 0.15) is 6.61 Å². The highest BCUT2D eigenvalue weighted by Gasteiger charge is 2.17. The highest BCUT2D eigenvalue weighted by atomic mass is 16.6. The van der Waals surface area contributed by atoms with Crippen molar-refractivity contribution in [2.24, 2.45) is 0 Å². The summed E-state index contributed by atoms with van der Waals surface area (Å²) in [5.41, 5.74) is 0. The van der Waals surface area contributed by atoms with E-state index in [1.807, 2.05) is 0 Å². The number of ether oxygens (including phenoxy) is 2. The van der Waals surface area contributed by atoms with Crippen LogP contribution in [0.1, 0.15) is 110 Å². The van der Waals surface area contributed by atoms with Crippen molar-refractivity contribution in [3.8, 4) is 0 Å². The molecule has 0 N–H and O–H groups in total. The molecule has 0 amide bonds. The Morgan fingerprint density at radius 3 is 2.15 bits per heavy atom. The first-order valence-corrected chi connectivity index (χ1v) is 11.2. The van der Waals surface area contributed by atoms with Gasteiger partial charge in [0.15, 0.2) is 0 Å². The Kier molecular flexibility index (Phi) is 15.7. The molecule has 3 heteroatoms. The lowest BCUT2D eigenvalue weighted by Gasteiger charge is -2.09. The Hall–Kier alpha value is -0.830. The maximum atomic E-state index is 11.6. The highest BCUT2D eigenvalue weighted by Crippen LogP contribution is 2.13. The molecule has 152 valence electrons. The van der Waals surface area contributed by atoms with Gasteiger partial charge in [-0.25, -0.2) is 0 Å². The quantitative estimate of drug-likeness (QED) is 0.162. The molecule has 0 aromatic carbocycles. The number of hydrogen-bond acceptors (Lipinski definition) is 3. The van der Waals surface area contributed by atoms with Crippen LogP contribution in [0.3, 0.4) is 0 Å². The first kappa shape index (κ1) is 23.2. The van der Waals surface area contributed by atoms with Crippen molar-refractivity contribution in [3.05, 3.63) is 12.2 Å². The van der Waals surface area contributed by atoms with Gasteiger partial charge in [0.2, 0.25) is 0 Å². The van der Waals surface area contributed by atoms with Crippen molar-refractivity contribution in [2.45, 2.75) is 116 Å². The predicted octanol–water partition coefficient (Wildman–Crippen LogP) is 6.75. The highest BCUT2D eigenvalue weighted by molar-refractivity contribution is 5.69. The molecule has 1 rings (SSSR count). The van der Waals surface area contributed by atoms with Crippen LogP contribution in [0.25, 0.3) is 0 Å². The lowest BCUT2D eigenvalue weighted by atomic mass is 10.1. The second kappa shape index (κ2) is 17.6. The Balaban J connectivity index is 1.76. The minimum absolute atomic E-state index is 0.0573. The molecule has 0 unspecified atom stereocenters. The van der Waals surface area contributed by atoms with Crippen LogP contribution in [0.2, 0.25) is 0 Å². The fourth-order valence-corrected chi connectivity index (χ4v) is 3.37. The van der Waals surface area contributed by atoms with Gasteiger partial charge in [-0.1, -0.05) is 70.4 Å². The molecule has 0 aliphatic carbocycles. The van der Waals surface area contributed by atoms with E-state index in [1.54, 1.807) is 0 Å². The summed E-state index contributed by atoms with van der Waals surface area (Å²) >= 11 is 0. The third kappa shape index (κ3) is 14.4. The van der Waals surface area contributed by atoms with Crippen LogP contribution in [0.4, 0.5) is 0 Å². The van der Waals surface area contributed by atoms with E-state index in [0.29, 0.717) is 13.0 Å². The van der Waals surface area contributed by atoms with Crippen molar-refractivity contribution in [3.63, 3.8) is 0 Å². The second-order valence-electron chi connectivity index (χ2n) is 7.65. The van der Waals surface area contributed by atoms with Gasteiger partial charge in [0.25, 0.3) is 0 Å². The van der Waals surface area contributed by atoms with E-state index in [2.05, 4.69) is 19.1 Å². The molecule has 0 bridgehead atoms. The minimum Gasteiger partial charge on any atom is -0.463 e. The molecule has 0 radical (unpaired) electrons. The van der Waals surface area contributed by atoms with Gasteiger partial charge in [-0.15, -0.1) is 0 Å². The van der Waals surface area contributed by atoms with Gasteiger partial charge >= 0.3 is 5.97 Å². The molecule has 1 aliphatic heterocycles. The lowest BCUT2D eigenvalue weighted by Crippen LogP contribution is -2.17. The molecule has 0 aromatic heterocycles. The Bertz CT molecular complexity index is 345. The summed E-state index contributed by atoms with van der Waals surface area (Å²) in [6.45, 7) is 3.53. The second-order valence-corrected chi connectivity index (χ2v) is 7.65. The number of carbonyl (C=O) groups is 1. The maximum Gasteiger partial charge on any atom is 0.305 e. The van der Waals surface area contributed by atoms with E-state index in [0.717, 1.165) is 32.3 Å². The molecule has 1 fully saturated rings. The first-order chi connectivity index (χ1) is 12.8. The van der Waals surface area contributed by atoms with E-state index >= 15 is 0 Å². The molecule has 0 saturated carbocycles. The van der Waals surface area contributed by atoms with Gasteiger partial charge in [-0.3, -0.25) is 4.79 Å². The predicted molar refractivity (Wildman–Crippen MR) is 109 cm³/mol. The van der Waals surface area contributed by atoms with E-state index < -0.39 is 0 Å². The van der Waals surface area contributed by atoms with Crippen molar-refractivity contribution in [2.75, 3.05) is 13.2 Å². The smallest absolute Gasteiger partial charge is 0.305 e. The van der Waals surface area contributed by atoms with Crippen molar-refractivity contribution >= 4 is 5.97 Å². The molecule has 0 aromatic rings. The van der Waals surface area contributed by atoms with Gasteiger partial charge in [-0.2, -0.15) is 0 Å². The van der Waals surface area contributed by atoms with Crippen LogP contribution >= 0.6 is 0 Å². The fourth-order valence-electron chi connectivity index (χ4n) is 3.37. The molecular weight excluding hydrogens is 324 g/mol. The van der Waals surface area contributed by atoms with Crippen molar-refractivity contribution in [1.82, 2.24) is 0 Å². The summed E-state index contributed by atoms with van der Waals surface area (Å²) in [7, 11) is 0. The van der Waals surface area contributed by atoms with Gasteiger partial charge in [-0.05, 0) is 44.9 Å². The van der Waals surface area contributed by atoms with E-state index in [-0.39, 0.29) is 12.1 Å². The van der Waals surface area contributed by atoms with E-state index in [9.17, 15) is 4.79 Å². The number of esters is 1. The zero-order valence-electron chi connectivity index (χ0n) is 17.2. The molecule has 1 saturated heterocycles.